The van der Waals surface area contributed by atoms with Gasteiger partial charge in [0.1, 0.15) is 0 Å². The van der Waals surface area contributed by atoms with Crippen molar-refractivity contribution in [1.29, 1.82) is 0 Å². The van der Waals surface area contributed by atoms with Crippen molar-refractivity contribution in [2.75, 3.05) is 6.54 Å². The van der Waals surface area contributed by atoms with Crippen LogP contribution in [0.3, 0.4) is 0 Å². The number of hydrogen-bond donors (Lipinski definition) is 2. The summed E-state index contributed by atoms with van der Waals surface area (Å²) in [5.41, 5.74) is 5.74. The van der Waals surface area contributed by atoms with Crippen molar-refractivity contribution in [2.24, 2.45) is 5.73 Å². The van der Waals surface area contributed by atoms with Gasteiger partial charge in [0.05, 0.1) is 0 Å². The van der Waals surface area contributed by atoms with Gasteiger partial charge in [-0.05, 0) is 27.7 Å². The maximum Gasteiger partial charge on any atom is 0.0136 e. The molecule has 2 heteroatoms. The molecule has 0 fully saturated rings. The average Bonchev–Trinajstić information content (AvgIpc) is 1.59. The van der Waals surface area contributed by atoms with Gasteiger partial charge in [0.15, 0.2) is 0 Å². The molecule has 0 aliphatic carbocycles. The lowest BCUT2D eigenvalue weighted by Crippen LogP contribution is -2.42. The lowest BCUT2D eigenvalue weighted by Gasteiger charge is -2.21. The van der Waals surface area contributed by atoms with Crippen LogP contribution in [-0.4, -0.2) is 18.1 Å². The molecule has 9 heavy (non-hydrogen) atoms. The zero-order valence-corrected chi connectivity index (χ0v) is 6.86. The fraction of sp³-hybridized carbons (Fsp3) is 1.00. The molecule has 0 spiro atoms. The third-order valence-electron chi connectivity index (χ3n) is 0.954. The van der Waals surface area contributed by atoms with E-state index in [0.29, 0.717) is 0 Å². The van der Waals surface area contributed by atoms with Crippen molar-refractivity contribution in [2.45, 2.75) is 39.3 Å². The molecule has 0 aromatic carbocycles. The Labute approximate surface area is 57.8 Å². The van der Waals surface area contributed by atoms with E-state index in [2.05, 4.69) is 26.1 Å². The number of nitrogens with one attached hydrogen (secondary N) is 1. The third-order valence-corrected chi connectivity index (χ3v) is 0.954. The first-order valence-corrected chi connectivity index (χ1v) is 3.42. The van der Waals surface area contributed by atoms with Gasteiger partial charge in [0.25, 0.3) is 0 Å². The summed E-state index contributed by atoms with van der Waals surface area (Å²) < 4.78 is 0. The highest BCUT2D eigenvalue weighted by atomic mass is 15.0. The first-order chi connectivity index (χ1) is 3.92. The van der Waals surface area contributed by atoms with Gasteiger partial charge in [-0.2, -0.15) is 0 Å². The van der Waals surface area contributed by atoms with Crippen LogP contribution in [0.4, 0.5) is 0 Å². The fourth-order valence-electron chi connectivity index (χ4n) is 0.467. The Morgan fingerprint density at radius 2 is 1.89 bits per heavy atom. The molecular formula is C7H18N2. The molecule has 0 unspecified atom stereocenters. The molecule has 0 amide bonds. The molecule has 1 atom stereocenters. The van der Waals surface area contributed by atoms with E-state index < -0.39 is 0 Å². The molecule has 0 rings (SSSR count). The Balaban J connectivity index is 3.28. The van der Waals surface area contributed by atoms with Crippen LogP contribution >= 0.6 is 0 Å². The SMILES string of the molecule is C[C@@H](N)CNC(C)(C)C. The normalized spacial score (nSPS) is 15.7. The van der Waals surface area contributed by atoms with Gasteiger partial charge in [-0.1, -0.05) is 0 Å². The lowest BCUT2D eigenvalue weighted by molar-refractivity contribution is 0.412. The van der Waals surface area contributed by atoms with E-state index >= 15 is 0 Å². The van der Waals surface area contributed by atoms with Gasteiger partial charge in [0, 0.05) is 18.1 Å². The van der Waals surface area contributed by atoms with Crippen LogP contribution in [0.2, 0.25) is 0 Å². The average molecular weight is 130 g/mol. The molecule has 0 aromatic heterocycles. The van der Waals surface area contributed by atoms with Crippen LogP contribution in [0.1, 0.15) is 27.7 Å². The summed E-state index contributed by atoms with van der Waals surface area (Å²) >= 11 is 0. The van der Waals surface area contributed by atoms with E-state index in [9.17, 15) is 0 Å². The Kier molecular flexibility index (Phi) is 3.15. The molecular weight excluding hydrogens is 112 g/mol. The monoisotopic (exact) mass is 130 g/mol. The van der Waals surface area contributed by atoms with Crippen molar-refractivity contribution < 1.29 is 0 Å². The maximum absolute atomic E-state index is 5.54. The summed E-state index contributed by atoms with van der Waals surface area (Å²) in [6.07, 6.45) is 0. The van der Waals surface area contributed by atoms with E-state index in [0.717, 1.165) is 6.54 Å². The second kappa shape index (κ2) is 3.18. The first-order valence-electron chi connectivity index (χ1n) is 3.42. The van der Waals surface area contributed by atoms with E-state index in [4.69, 9.17) is 5.73 Å². The summed E-state index contributed by atoms with van der Waals surface area (Å²) in [7, 11) is 0. The molecule has 2 nitrogen and oxygen atoms in total. The highest BCUT2D eigenvalue weighted by molar-refractivity contribution is 4.72. The smallest absolute Gasteiger partial charge is 0.0136 e. The highest BCUT2D eigenvalue weighted by Gasteiger charge is 2.08. The molecule has 0 aromatic rings. The predicted octanol–water partition coefficient (Wildman–Crippen LogP) is 0.722. The van der Waals surface area contributed by atoms with Crippen molar-refractivity contribution in [1.82, 2.24) is 5.32 Å². The molecule has 56 valence electrons. The summed E-state index contributed by atoms with van der Waals surface area (Å²) in [4.78, 5) is 0. The molecule has 0 saturated carbocycles. The van der Waals surface area contributed by atoms with Crippen LogP contribution in [0, 0.1) is 0 Å². The zero-order valence-electron chi connectivity index (χ0n) is 6.86. The minimum atomic E-state index is 0.202. The first kappa shape index (κ1) is 8.92. The fourth-order valence-corrected chi connectivity index (χ4v) is 0.467. The molecule has 0 aliphatic heterocycles. The van der Waals surface area contributed by atoms with Crippen LogP contribution in [-0.2, 0) is 0 Å². The Morgan fingerprint density at radius 3 is 2.00 bits per heavy atom. The Hall–Kier alpha value is -0.0800. The van der Waals surface area contributed by atoms with E-state index in [-0.39, 0.29) is 11.6 Å². The molecule has 0 heterocycles. The third kappa shape index (κ3) is 7.92. The quantitative estimate of drug-likeness (QED) is 0.578. The summed E-state index contributed by atoms with van der Waals surface area (Å²) in [6.45, 7) is 9.29. The predicted molar refractivity (Wildman–Crippen MR) is 41.4 cm³/mol. The highest BCUT2D eigenvalue weighted by Crippen LogP contribution is 1.96. The largest absolute Gasteiger partial charge is 0.327 e. The van der Waals surface area contributed by atoms with Crippen molar-refractivity contribution in [3.63, 3.8) is 0 Å². The summed E-state index contributed by atoms with van der Waals surface area (Å²) in [5.74, 6) is 0. The molecule has 3 N–H and O–H groups in total. The van der Waals surface area contributed by atoms with Gasteiger partial charge in [0.2, 0.25) is 0 Å². The topological polar surface area (TPSA) is 38.0 Å². The van der Waals surface area contributed by atoms with Gasteiger partial charge >= 0.3 is 0 Å². The zero-order chi connectivity index (χ0) is 7.49. The number of hydrogen-bond acceptors (Lipinski definition) is 2. The molecule has 0 bridgehead atoms. The van der Waals surface area contributed by atoms with Gasteiger partial charge in [-0.15, -0.1) is 0 Å². The molecule has 0 saturated heterocycles. The Bertz CT molecular complexity index is 71.5. The van der Waals surface area contributed by atoms with E-state index in [1.807, 2.05) is 6.92 Å². The van der Waals surface area contributed by atoms with Gasteiger partial charge in [-0.3, -0.25) is 0 Å². The van der Waals surface area contributed by atoms with Gasteiger partial charge < -0.3 is 11.1 Å². The standard InChI is InChI=1S/C7H18N2/c1-6(8)5-9-7(2,3)4/h6,9H,5,8H2,1-4H3/t6-/m1/s1. The molecule has 0 aliphatic rings. The van der Waals surface area contributed by atoms with Crippen LogP contribution in [0.15, 0.2) is 0 Å². The summed E-state index contributed by atoms with van der Waals surface area (Å²) in [5, 5.41) is 3.30. The van der Waals surface area contributed by atoms with Crippen molar-refractivity contribution >= 4 is 0 Å². The van der Waals surface area contributed by atoms with Crippen molar-refractivity contribution in [3.8, 4) is 0 Å². The van der Waals surface area contributed by atoms with Crippen LogP contribution in [0.25, 0.3) is 0 Å². The number of nitrogens with two attached hydrogens (primary N) is 1. The van der Waals surface area contributed by atoms with E-state index in [1.165, 1.54) is 0 Å². The Morgan fingerprint density at radius 1 is 1.44 bits per heavy atom. The minimum absolute atomic E-state index is 0.202. The minimum Gasteiger partial charge on any atom is -0.327 e. The molecule has 0 radical (unpaired) electrons. The number of rotatable bonds is 2. The van der Waals surface area contributed by atoms with Gasteiger partial charge in [-0.25, -0.2) is 0 Å². The van der Waals surface area contributed by atoms with Crippen molar-refractivity contribution in [3.05, 3.63) is 0 Å². The van der Waals surface area contributed by atoms with Crippen LogP contribution in [0.5, 0.6) is 0 Å². The van der Waals surface area contributed by atoms with E-state index in [1.54, 1.807) is 0 Å². The maximum atomic E-state index is 5.54. The second-order valence-corrected chi connectivity index (χ2v) is 3.61. The van der Waals surface area contributed by atoms with Crippen LogP contribution < -0.4 is 11.1 Å². The summed E-state index contributed by atoms with van der Waals surface area (Å²) in [6, 6.07) is 0.254. The second-order valence-electron chi connectivity index (χ2n) is 3.61. The lowest BCUT2D eigenvalue weighted by atomic mass is 10.1.